The van der Waals surface area contributed by atoms with Crippen molar-refractivity contribution in [2.75, 3.05) is 20.3 Å². The second-order valence-corrected chi connectivity index (χ2v) is 6.93. The Morgan fingerprint density at radius 3 is 2.70 bits per heavy atom. The first-order chi connectivity index (χ1) is 13.2. The minimum atomic E-state index is 0.450. The van der Waals surface area contributed by atoms with Crippen molar-refractivity contribution in [3.63, 3.8) is 0 Å². The maximum absolute atomic E-state index is 5.94. The number of imidazole rings is 1. The maximum atomic E-state index is 5.94. The number of hydrogen-bond donors (Lipinski definition) is 0. The molecule has 3 heterocycles. The van der Waals surface area contributed by atoms with Gasteiger partial charge in [-0.25, -0.2) is 9.97 Å². The molecular formula is C21H21N3O3. The van der Waals surface area contributed by atoms with Gasteiger partial charge in [0.05, 0.1) is 18.1 Å². The number of aromatic nitrogens is 3. The van der Waals surface area contributed by atoms with E-state index < -0.39 is 0 Å². The second kappa shape index (κ2) is 6.39. The Bertz CT molecular complexity index is 1120. The molecule has 0 radical (unpaired) electrons. The Balaban J connectivity index is 1.57. The SMILES string of the molecule is COc1ccc2oc(-c3ccc4c(c3)nc(C)n4C3CCOCC3)nc2c1. The van der Waals surface area contributed by atoms with Crippen molar-refractivity contribution >= 4 is 22.1 Å². The molecule has 1 aliphatic rings. The van der Waals surface area contributed by atoms with Crippen LogP contribution in [0.3, 0.4) is 0 Å². The molecule has 0 saturated carbocycles. The number of oxazole rings is 1. The van der Waals surface area contributed by atoms with Crippen molar-refractivity contribution in [1.82, 2.24) is 14.5 Å². The van der Waals surface area contributed by atoms with Gasteiger partial charge in [-0.15, -0.1) is 0 Å². The van der Waals surface area contributed by atoms with Gasteiger partial charge in [-0.05, 0) is 50.1 Å². The van der Waals surface area contributed by atoms with E-state index >= 15 is 0 Å². The van der Waals surface area contributed by atoms with Gasteiger partial charge in [-0.3, -0.25) is 0 Å². The molecule has 0 bridgehead atoms. The van der Waals surface area contributed by atoms with Gasteiger partial charge in [0.25, 0.3) is 0 Å². The van der Waals surface area contributed by atoms with Crippen LogP contribution in [0, 0.1) is 6.92 Å². The van der Waals surface area contributed by atoms with Crippen LogP contribution in [-0.2, 0) is 4.74 Å². The minimum absolute atomic E-state index is 0.450. The average Bonchev–Trinajstić information content (AvgIpc) is 3.27. The number of aryl methyl sites for hydroxylation is 1. The zero-order chi connectivity index (χ0) is 18.4. The predicted octanol–water partition coefficient (Wildman–Crippen LogP) is 4.51. The molecule has 2 aromatic carbocycles. The van der Waals surface area contributed by atoms with Gasteiger partial charge in [-0.2, -0.15) is 0 Å². The van der Waals surface area contributed by atoms with Crippen LogP contribution < -0.4 is 4.74 Å². The summed E-state index contributed by atoms with van der Waals surface area (Å²) in [6.45, 7) is 3.70. The highest BCUT2D eigenvalue weighted by atomic mass is 16.5. The second-order valence-electron chi connectivity index (χ2n) is 6.93. The first-order valence-corrected chi connectivity index (χ1v) is 9.24. The molecule has 1 fully saturated rings. The van der Waals surface area contributed by atoms with E-state index in [4.69, 9.17) is 18.9 Å². The summed E-state index contributed by atoms with van der Waals surface area (Å²) < 4.78 is 19.1. The summed E-state index contributed by atoms with van der Waals surface area (Å²) in [6.07, 6.45) is 2.06. The van der Waals surface area contributed by atoms with Crippen molar-refractivity contribution in [3.8, 4) is 17.2 Å². The van der Waals surface area contributed by atoms with E-state index in [1.807, 2.05) is 18.2 Å². The fourth-order valence-corrected chi connectivity index (χ4v) is 3.91. The molecule has 27 heavy (non-hydrogen) atoms. The van der Waals surface area contributed by atoms with E-state index in [0.717, 1.165) is 65.3 Å². The van der Waals surface area contributed by atoms with Crippen LogP contribution in [0.5, 0.6) is 5.75 Å². The first-order valence-electron chi connectivity index (χ1n) is 9.24. The van der Waals surface area contributed by atoms with Crippen LogP contribution in [0.1, 0.15) is 24.7 Å². The lowest BCUT2D eigenvalue weighted by Crippen LogP contribution is -2.20. The Hall–Kier alpha value is -2.86. The zero-order valence-electron chi connectivity index (χ0n) is 15.4. The zero-order valence-corrected chi connectivity index (χ0v) is 15.4. The average molecular weight is 363 g/mol. The number of fused-ring (bicyclic) bond motifs is 2. The smallest absolute Gasteiger partial charge is 0.227 e. The van der Waals surface area contributed by atoms with Crippen molar-refractivity contribution < 1.29 is 13.9 Å². The summed E-state index contributed by atoms with van der Waals surface area (Å²) in [4.78, 5) is 9.41. The number of hydrogen-bond acceptors (Lipinski definition) is 5. The molecular weight excluding hydrogens is 342 g/mol. The monoisotopic (exact) mass is 363 g/mol. The number of rotatable bonds is 3. The minimum Gasteiger partial charge on any atom is -0.497 e. The van der Waals surface area contributed by atoms with Crippen LogP contribution in [0.25, 0.3) is 33.6 Å². The molecule has 2 aromatic heterocycles. The highest BCUT2D eigenvalue weighted by molar-refractivity contribution is 5.83. The summed E-state index contributed by atoms with van der Waals surface area (Å²) in [5, 5.41) is 0. The molecule has 1 saturated heterocycles. The van der Waals surface area contributed by atoms with Crippen LogP contribution in [0.2, 0.25) is 0 Å². The molecule has 0 aliphatic carbocycles. The van der Waals surface area contributed by atoms with Crippen LogP contribution in [0.4, 0.5) is 0 Å². The predicted molar refractivity (Wildman–Crippen MR) is 103 cm³/mol. The van der Waals surface area contributed by atoms with Crippen molar-refractivity contribution in [2.45, 2.75) is 25.8 Å². The van der Waals surface area contributed by atoms with Gasteiger partial charge >= 0.3 is 0 Å². The number of methoxy groups -OCH3 is 1. The molecule has 0 spiro atoms. The first kappa shape index (κ1) is 16.3. The Labute approximate surface area is 156 Å². The summed E-state index contributed by atoms with van der Waals surface area (Å²) in [5.74, 6) is 2.40. The number of nitrogens with zero attached hydrogens (tertiary/aromatic N) is 3. The van der Waals surface area contributed by atoms with E-state index in [-0.39, 0.29) is 0 Å². The standard InChI is InChI=1S/C21H21N3O3/c1-13-22-17-11-14(3-5-19(17)24(13)15-7-9-26-10-8-15)21-23-18-12-16(25-2)4-6-20(18)27-21/h3-6,11-12,15H,7-10H2,1-2H3. The summed E-state index contributed by atoms with van der Waals surface area (Å²) in [6, 6.07) is 12.3. The summed E-state index contributed by atoms with van der Waals surface area (Å²) in [5.41, 5.74) is 4.58. The fraction of sp³-hybridized carbons (Fsp3) is 0.333. The quantitative estimate of drug-likeness (QED) is 0.536. The molecule has 0 N–H and O–H groups in total. The molecule has 5 rings (SSSR count). The Kier molecular flexibility index (Phi) is 3.86. The summed E-state index contributed by atoms with van der Waals surface area (Å²) >= 11 is 0. The van der Waals surface area contributed by atoms with Crippen molar-refractivity contribution in [1.29, 1.82) is 0 Å². The molecule has 6 heteroatoms. The Morgan fingerprint density at radius 1 is 1.04 bits per heavy atom. The molecule has 138 valence electrons. The summed E-state index contributed by atoms with van der Waals surface area (Å²) in [7, 11) is 1.65. The maximum Gasteiger partial charge on any atom is 0.227 e. The highest BCUT2D eigenvalue weighted by Crippen LogP contribution is 2.32. The van der Waals surface area contributed by atoms with Gasteiger partial charge in [0, 0.05) is 30.9 Å². The lowest BCUT2D eigenvalue weighted by molar-refractivity contribution is 0.0701. The molecule has 0 atom stereocenters. The van der Waals surface area contributed by atoms with Gasteiger partial charge < -0.3 is 18.5 Å². The molecule has 6 nitrogen and oxygen atoms in total. The van der Waals surface area contributed by atoms with E-state index in [2.05, 4.69) is 34.7 Å². The molecule has 0 unspecified atom stereocenters. The van der Waals surface area contributed by atoms with E-state index in [1.54, 1.807) is 7.11 Å². The molecule has 0 amide bonds. The lowest BCUT2D eigenvalue weighted by Gasteiger charge is -2.25. The van der Waals surface area contributed by atoms with Gasteiger partial charge in [0.1, 0.15) is 17.1 Å². The van der Waals surface area contributed by atoms with Crippen LogP contribution in [0.15, 0.2) is 40.8 Å². The normalized spacial score (nSPS) is 15.6. The third-order valence-corrected chi connectivity index (χ3v) is 5.26. The molecule has 4 aromatic rings. The third kappa shape index (κ3) is 2.77. The number of ether oxygens (including phenoxy) is 2. The molecule has 1 aliphatic heterocycles. The van der Waals surface area contributed by atoms with Gasteiger partial charge in [0.2, 0.25) is 5.89 Å². The van der Waals surface area contributed by atoms with E-state index in [9.17, 15) is 0 Å². The third-order valence-electron chi connectivity index (χ3n) is 5.26. The highest BCUT2D eigenvalue weighted by Gasteiger charge is 2.21. The van der Waals surface area contributed by atoms with Gasteiger partial charge in [-0.1, -0.05) is 0 Å². The van der Waals surface area contributed by atoms with Gasteiger partial charge in [0.15, 0.2) is 5.58 Å². The Morgan fingerprint density at radius 2 is 1.89 bits per heavy atom. The number of benzene rings is 2. The van der Waals surface area contributed by atoms with Crippen LogP contribution >= 0.6 is 0 Å². The van der Waals surface area contributed by atoms with Crippen LogP contribution in [-0.4, -0.2) is 34.9 Å². The van der Waals surface area contributed by atoms with Crippen molar-refractivity contribution in [2.24, 2.45) is 0 Å². The lowest BCUT2D eigenvalue weighted by atomic mass is 10.1. The fourth-order valence-electron chi connectivity index (χ4n) is 3.91. The largest absolute Gasteiger partial charge is 0.497 e. The topological polar surface area (TPSA) is 62.3 Å². The van der Waals surface area contributed by atoms with E-state index in [1.165, 1.54) is 0 Å². The van der Waals surface area contributed by atoms with Crippen molar-refractivity contribution in [3.05, 3.63) is 42.2 Å². The van der Waals surface area contributed by atoms with E-state index in [0.29, 0.717) is 11.9 Å².